The predicted octanol–water partition coefficient (Wildman–Crippen LogP) is 2.57. The number of para-hydroxylation sites is 1. The van der Waals surface area contributed by atoms with Crippen molar-refractivity contribution in [3.63, 3.8) is 0 Å². The number of nitrogens with one attached hydrogen (secondary N) is 2. The lowest BCUT2D eigenvalue weighted by Gasteiger charge is -2.14. The number of rotatable bonds is 4. The van der Waals surface area contributed by atoms with E-state index in [9.17, 15) is 9.59 Å². The van der Waals surface area contributed by atoms with Crippen LogP contribution < -0.4 is 10.6 Å². The van der Waals surface area contributed by atoms with Crippen molar-refractivity contribution in [3.05, 3.63) is 29.3 Å². The second-order valence-electron chi connectivity index (χ2n) is 4.87. The first-order valence-corrected chi connectivity index (χ1v) is 7.69. The maximum Gasteiger partial charge on any atom is 0.337 e. The molecule has 0 saturated carbocycles. The molecule has 0 aromatic heterocycles. The number of thioether (sulfide) groups is 1. The molecule has 3 N–H and O–H groups in total. The van der Waals surface area contributed by atoms with Crippen LogP contribution in [0.1, 0.15) is 22.3 Å². The quantitative estimate of drug-likeness (QED) is 0.797. The highest BCUT2D eigenvalue weighted by atomic mass is 32.2. The largest absolute Gasteiger partial charge is 0.478 e. The molecule has 2 rings (SSSR count). The first-order chi connectivity index (χ1) is 9.58. The summed E-state index contributed by atoms with van der Waals surface area (Å²) in [6, 6.07) is 4.57. The smallest absolute Gasteiger partial charge is 0.337 e. The standard InChI is InChI=1S/C14H18N2O3S/c1-9-3-2-4-11(13(17)18)12(9)16-14(19)15-7-10-5-6-20-8-10/h2-4,10H,5-8H2,1H3,(H,17,18)(H2,15,16,19). The summed E-state index contributed by atoms with van der Waals surface area (Å²) in [6.07, 6.45) is 1.12. The first-order valence-electron chi connectivity index (χ1n) is 6.53. The van der Waals surface area contributed by atoms with Crippen molar-refractivity contribution in [1.82, 2.24) is 5.32 Å². The molecule has 1 aliphatic rings. The van der Waals surface area contributed by atoms with Gasteiger partial charge in [0.25, 0.3) is 0 Å². The van der Waals surface area contributed by atoms with Gasteiger partial charge in [-0.15, -0.1) is 0 Å². The van der Waals surface area contributed by atoms with Crippen LogP contribution in [0.2, 0.25) is 0 Å². The molecule has 1 aromatic rings. The van der Waals surface area contributed by atoms with Gasteiger partial charge < -0.3 is 15.7 Å². The zero-order chi connectivity index (χ0) is 14.5. The van der Waals surface area contributed by atoms with Gasteiger partial charge in [0, 0.05) is 6.54 Å². The molecule has 20 heavy (non-hydrogen) atoms. The summed E-state index contributed by atoms with van der Waals surface area (Å²) in [5.41, 5.74) is 1.20. The van der Waals surface area contributed by atoms with Crippen molar-refractivity contribution in [2.45, 2.75) is 13.3 Å². The Kier molecular flexibility index (Phi) is 4.89. The van der Waals surface area contributed by atoms with E-state index < -0.39 is 5.97 Å². The van der Waals surface area contributed by atoms with Gasteiger partial charge in [-0.1, -0.05) is 12.1 Å². The first kappa shape index (κ1) is 14.7. The molecule has 1 aliphatic heterocycles. The van der Waals surface area contributed by atoms with Crippen molar-refractivity contribution in [2.75, 3.05) is 23.4 Å². The summed E-state index contributed by atoms with van der Waals surface area (Å²) in [5, 5.41) is 14.6. The van der Waals surface area contributed by atoms with Gasteiger partial charge in [0.05, 0.1) is 11.3 Å². The molecule has 1 unspecified atom stereocenters. The van der Waals surface area contributed by atoms with Crippen LogP contribution in [0.3, 0.4) is 0 Å². The van der Waals surface area contributed by atoms with Crippen LogP contribution in [-0.2, 0) is 0 Å². The highest BCUT2D eigenvalue weighted by molar-refractivity contribution is 7.99. The van der Waals surface area contributed by atoms with E-state index >= 15 is 0 Å². The van der Waals surface area contributed by atoms with Crippen LogP contribution in [0.25, 0.3) is 0 Å². The van der Waals surface area contributed by atoms with E-state index in [1.54, 1.807) is 19.1 Å². The number of aryl methyl sites for hydroxylation is 1. The Morgan fingerprint density at radius 2 is 2.25 bits per heavy atom. The maximum atomic E-state index is 11.9. The highest BCUT2D eigenvalue weighted by Gasteiger charge is 2.18. The van der Waals surface area contributed by atoms with Gasteiger partial charge in [-0.3, -0.25) is 0 Å². The van der Waals surface area contributed by atoms with Crippen molar-refractivity contribution >= 4 is 29.4 Å². The average molecular weight is 294 g/mol. The molecule has 1 atom stereocenters. The summed E-state index contributed by atoms with van der Waals surface area (Å²) in [6.45, 7) is 2.41. The fourth-order valence-electron chi connectivity index (χ4n) is 2.15. The second kappa shape index (κ2) is 6.65. The highest BCUT2D eigenvalue weighted by Crippen LogP contribution is 2.23. The van der Waals surface area contributed by atoms with E-state index in [2.05, 4.69) is 10.6 Å². The van der Waals surface area contributed by atoms with Crippen LogP contribution >= 0.6 is 11.8 Å². The van der Waals surface area contributed by atoms with Crippen LogP contribution in [0.4, 0.5) is 10.5 Å². The van der Waals surface area contributed by atoms with Gasteiger partial charge in [-0.05, 0) is 42.4 Å². The molecule has 1 aromatic carbocycles. The fourth-order valence-corrected chi connectivity index (χ4v) is 3.44. The third-order valence-electron chi connectivity index (χ3n) is 3.32. The molecule has 0 bridgehead atoms. The fraction of sp³-hybridized carbons (Fsp3) is 0.429. The van der Waals surface area contributed by atoms with Crippen molar-refractivity contribution in [2.24, 2.45) is 5.92 Å². The molecule has 1 saturated heterocycles. The van der Waals surface area contributed by atoms with Crippen molar-refractivity contribution < 1.29 is 14.7 Å². The monoisotopic (exact) mass is 294 g/mol. The molecule has 108 valence electrons. The van der Waals surface area contributed by atoms with Crippen LogP contribution in [-0.4, -0.2) is 35.2 Å². The number of aromatic carboxylic acids is 1. The predicted molar refractivity (Wildman–Crippen MR) is 80.6 cm³/mol. The molecule has 6 heteroatoms. The molecule has 2 amide bonds. The number of amides is 2. The Hall–Kier alpha value is -1.69. The number of carbonyl (C=O) groups excluding carboxylic acids is 1. The zero-order valence-electron chi connectivity index (χ0n) is 11.3. The Labute approximate surface area is 122 Å². The summed E-state index contributed by atoms with van der Waals surface area (Å²) in [4.78, 5) is 23.0. The molecule has 1 fully saturated rings. The lowest BCUT2D eigenvalue weighted by molar-refractivity contribution is 0.0698. The number of carboxylic acids is 1. The molecule has 0 spiro atoms. The summed E-state index contributed by atoms with van der Waals surface area (Å²) >= 11 is 1.90. The Bertz CT molecular complexity index is 513. The minimum Gasteiger partial charge on any atom is -0.478 e. The van der Waals surface area contributed by atoms with Gasteiger partial charge in [0.1, 0.15) is 0 Å². The Morgan fingerprint density at radius 1 is 1.45 bits per heavy atom. The number of benzene rings is 1. The maximum absolute atomic E-state index is 11.9. The second-order valence-corrected chi connectivity index (χ2v) is 6.02. The minimum atomic E-state index is -1.05. The van der Waals surface area contributed by atoms with Crippen LogP contribution in [0.5, 0.6) is 0 Å². The summed E-state index contributed by atoms with van der Waals surface area (Å²) in [5.74, 6) is 1.69. The molecule has 0 radical (unpaired) electrons. The SMILES string of the molecule is Cc1cccc(C(=O)O)c1NC(=O)NCC1CCSC1. The van der Waals surface area contributed by atoms with Gasteiger partial charge in [0.2, 0.25) is 0 Å². The number of anilines is 1. The zero-order valence-corrected chi connectivity index (χ0v) is 12.1. The lowest BCUT2D eigenvalue weighted by Crippen LogP contribution is -2.33. The Balaban J connectivity index is 1.98. The van der Waals surface area contributed by atoms with Gasteiger partial charge >= 0.3 is 12.0 Å². The summed E-state index contributed by atoms with van der Waals surface area (Å²) in [7, 11) is 0. The van der Waals surface area contributed by atoms with Crippen LogP contribution in [0, 0.1) is 12.8 Å². The van der Waals surface area contributed by atoms with Gasteiger partial charge in [0.15, 0.2) is 0 Å². The van der Waals surface area contributed by atoms with Gasteiger partial charge in [-0.25, -0.2) is 9.59 Å². The van der Waals surface area contributed by atoms with E-state index in [1.165, 1.54) is 6.07 Å². The van der Waals surface area contributed by atoms with E-state index in [-0.39, 0.29) is 11.6 Å². The number of carboxylic acid groups (broad SMARTS) is 1. The molecular formula is C14H18N2O3S. The number of hydrogen-bond donors (Lipinski definition) is 3. The van der Waals surface area contributed by atoms with Crippen LogP contribution in [0.15, 0.2) is 18.2 Å². The van der Waals surface area contributed by atoms with E-state index in [0.717, 1.165) is 23.5 Å². The lowest BCUT2D eigenvalue weighted by atomic mass is 10.1. The molecular weight excluding hydrogens is 276 g/mol. The van der Waals surface area contributed by atoms with Crippen molar-refractivity contribution in [1.29, 1.82) is 0 Å². The molecule has 0 aliphatic carbocycles. The summed E-state index contributed by atoms with van der Waals surface area (Å²) < 4.78 is 0. The number of urea groups is 1. The third kappa shape index (κ3) is 3.66. The minimum absolute atomic E-state index is 0.108. The van der Waals surface area contributed by atoms with E-state index in [0.29, 0.717) is 18.2 Å². The molecule has 1 heterocycles. The van der Waals surface area contributed by atoms with Crippen molar-refractivity contribution in [3.8, 4) is 0 Å². The third-order valence-corrected chi connectivity index (χ3v) is 4.55. The Morgan fingerprint density at radius 3 is 2.90 bits per heavy atom. The van der Waals surface area contributed by atoms with E-state index in [1.807, 2.05) is 11.8 Å². The van der Waals surface area contributed by atoms with E-state index in [4.69, 9.17) is 5.11 Å². The number of carbonyl (C=O) groups is 2. The van der Waals surface area contributed by atoms with Gasteiger partial charge in [-0.2, -0.15) is 11.8 Å². The number of hydrogen-bond acceptors (Lipinski definition) is 3. The normalized spacial score (nSPS) is 17.8. The average Bonchev–Trinajstić information content (AvgIpc) is 2.91. The topological polar surface area (TPSA) is 78.4 Å². The molecule has 5 nitrogen and oxygen atoms in total.